The summed E-state index contributed by atoms with van der Waals surface area (Å²) in [7, 11) is 0. The number of pyridine rings is 1. The Labute approximate surface area is 77.5 Å². The van der Waals surface area contributed by atoms with Crippen LogP contribution in [0.15, 0.2) is 23.3 Å². The van der Waals surface area contributed by atoms with E-state index in [1.165, 1.54) is 0 Å². The second-order valence-electron chi connectivity index (χ2n) is 3.72. The van der Waals surface area contributed by atoms with Crippen LogP contribution >= 0.6 is 0 Å². The fourth-order valence-corrected chi connectivity index (χ4v) is 1.27. The first kappa shape index (κ1) is 8.23. The van der Waals surface area contributed by atoms with E-state index >= 15 is 0 Å². The van der Waals surface area contributed by atoms with Gasteiger partial charge >= 0.3 is 0 Å². The molecule has 0 unspecified atom stereocenters. The Morgan fingerprint density at radius 1 is 1.46 bits per heavy atom. The highest BCUT2D eigenvalue weighted by molar-refractivity contribution is 5.81. The number of rotatable bonds is 0. The van der Waals surface area contributed by atoms with Gasteiger partial charge in [-0.2, -0.15) is 0 Å². The topological polar surface area (TPSA) is 34.5 Å². The highest BCUT2D eigenvalue weighted by Gasteiger charge is 2.22. The molecule has 0 radical (unpaired) electrons. The summed E-state index contributed by atoms with van der Waals surface area (Å²) in [4.78, 5) is 8.42. The first-order chi connectivity index (χ1) is 6.17. The molecule has 68 valence electrons. The van der Waals surface area contributed by atoms with E-state index in [0.29, 0.717) is 6.54 Å². The van der Waals surface area contributed by atoms with Crippen molar-refractivity contribution in [1.82, 2.24) is 4.98 Å². The number of aliphatic imine (C=N–C) groups is 1. The lowest BCUT2D eigenvalue weighted by atomic mass is 10.1. The maximum Gasteiger partial charge on any atom is 0.147 e. The Balaban J connectivity index is 2.43. The molecule has 0 N–H and O–H groups in total. The van der Waals surface area contributed by atoms with Gasteiger partial charge < -0.3 is 4.74 Å². The summed E-state index contributed by atoms with van der Waals surface area (Å²) in [6.45, 7) is 4.71. The van der Waals surface area contributed by atoms with E-state index < -0.39 is 0 Å². The standard InChI is InChI=1S/C10H12N2O/c1-10(2)7-11-6-8-9(13-10)4-3-5-12-8/h3-6H,7H2,1-2H3. The van der Waals surface area contributed by atoms with Crippen molar-refractivity contribution in [3.8, 4) is 5.75 Å². The Morgan fingerprint density at radius 2 is 2.31 bits per heavy atom. The summed E-state index contributed by atoms with van der Waals surface area (Å²) in [5, 5.41) is 0. The van der Waals surface area contributed by atoms with Crippen LogP contribution in [-0.2, 0) is 0 Å². The van der Waals surface area contributed by atoms with Gasteiger partial charge in [0.25, 0.3) is 0 Å². The van der Waals surface area contributed by atoms with Gasteiger partial charge in [0.05, 0.1) is 12.8 Å². The molecule has 0 saturated heterocycles. The number of hydrogen-bond donors (Lipinski definition) is 0. The smallest absolute Gasteiger partial charge is 0.147 e. The van der Waals surface area contributed by atoms with Gasteiger partial charge in [-0.05, 0) is 26.0 Å². The predicted molar refractivity (Wildman–Crippen MR) is 51.4 cm³/mol. The lowest BCUT2D eigenvalue weighted by Crippen LogP contribution is -2.31. The molecule has 1 aliphatic rings. The molecule has 0 spiro atoms. The Morgan fingerprint density at radius 3 is 3.15 bits per heavy atom. The summed E-state index contributed by atoms with van der Waals surface area (Å²) in [5.41, 5.74) is 0.582. The zero-order valence-electron chi connectivity index (χ0n) is 7.82. The summed E-state index contributed by atoms with van der Waals surface area (Å²) in [6, 6.07) is 3.79. The molecule has 1 aromatic rings. The largest absolute Gasteiger partial charge is 0.484 e. The molecule has 0 saturated carbocycles. The number of aromatic nitrogens is 1. The van der Waals surface area contributed by atoms with Crippen LogP contribution in [0.2, 0.25) is 0 Å². The van der Waals surface area contributed by atoms with E-state index in [2.05, 4.69) is 9.98 Å². The van der Waals surface area contributed by atoms with E-state index in [-0.39, 0.29) is 5.60 Å². The van der Waals surface area contributed by atoms with Crippen molar-refractivity contribution in [3.63, 3.8) is 0 Å². The van der Waals surface area contributed by atoms with Gasteiger partial charge in [-0.25, -0.2) is 0 Å². The van der Waals surface area contributed by atoms with Crippen molar-refractivity contribution in [2.24, 2.45) is 4.99 Å². The van der Waals surface area contributed by atoms with E-state index in [0.717, 1.165) is 11.4 Å². The van der Waals surface area contributed by atoms with Crippen molar-refractivity contribution in [2.45, 2.75) is 19.4 Å². The van der Waals surface area contributed by atoms with Crippen LogP contribution in [-0.4, -0.2) is 23.3 Å². The first-order valence-electron chi connectivity index (χ1n) is 4.31. The number of ether oxygens (including phenoxy) is 1. The third-order valence-corrected chi connectivity index (χ3v) is 1.87. The molecular weight excluding hydrogens is 164 g/mol. The lowest BCUT2D eigenvalue weighted by Gasteiger charge is -2.22. The van der Waals surface area contributed by atoms with Crippen LogP contribution in [0.1, 0.15) is 19.5 Å². The number of hydrogen-bond acceptors (Lipinski definition) is 3. The zero-order chi connectivity index (χ0) is 9.31. The van der Waals surface area contributed by atoms with Crippen molar-refractivity contribution in [2.75, 3.05) is 6.54 Å². The molecule has 1 aromatic heterocycles. The van der Waals surface area contributed by atoms with Gasteiger partial charge in [0, 0.05) is 6.20 Å². The molecule has 3 heteroatoms. The third-order valence-electron chi connectivity index (χ3n) is 1.87. The molecule has 2 rings (SSSR count). The summed E-state index contributed by atoms with van der Waals surface area (Å²) in [6.07, 6.45) is 3.51. The summed E-state index contributed by atoms with van der Waals surface area (Å²) in [5.74, 6) is 0.814. The zero-order valence-corrected chi connectivity index (χ0v) is 7.82. The van der Waals surface area contributed by atoms with Crippen LogP contribution < -0.4 is 4.74 Å². The van der Waals surface area contributed by atoms with Gasteiger partial charge in [-0.1, -0.05) is 0 Å². The first-order valence-corrected chi connectivity index (χ1v) is 4.31. The summed E-state index contributed by atoms with van der Waals surface area (Å²) < 4.78 is 5.76. The second-order valence-corrected chi connectivity index (χ2v) is 3.72. The maximum atomic E-state index is 5.76. The lowest BCUT2D eigenvalue weighted by molar-refractivity contribution is 0.121. The van der Waals surface area contributed by atoms with Gasteiger partial charge in [0.1, 0.15) is 17.0 Å². The SMILES string of the molecule is CC1(C)CN=Cc2ncccc2O1. The molecule has 0 atom stereocenters. The Kier molecular flexibility index (Phi) is 1.79. The van der Waals surface area contributed by atoms with Crippen LogP contribution in [0.5, 0.6) is 5.75 Å². The predicted octanol–water partition coefficient (Wildman–Crippen LogP) is 1.67. The monoisotopic (exact) mass is 176 g/mol. The highest BCUT2D eigenvalue weighted by Crippen LogP contribution is 2.22. The van der Waals surface area contributed by atoms with Crippen molar-refractivity contribution < 1.29 is 4.74 Å². The fourth-order valence-electron chi connectivity index (χ4n) is 1.27. The van der Waals surface area contributed by atoms with Crippen LogP contribution in [0.3, 0.4) is 0 Å². The second kappa shape index (κ2) is 2.83. The van der Waals surface area contributed by atoms with Crippen LogP contribution in [0, 0.1) is 0 Å². The minimum atomic E-state index is -0.231. The molecule has 0 fully saturated rings. The molecule has 0 aliphatic carbocycles. The average Bonchev–Trinajstić information content (AvgIpc) is 2.21. The van der Waals surface area contributed by atoms with Gasteiger partial charge in [-0.15, -0.1) is 0 Å². The molecule has 13 heavy (non-hydrogen) atoms. The maximum absolute atomic E-state index is 5.76. The van der Waals surface area contributed by atoms with Crippen LogP contribution in [0.4, 0.5) is 0 Å². The van der Waals surface area contributed by atoms with Gasteiger partial charge in [-0.3, -0.25) is 9.98 Å². The fraction of sp³-hybridized carbons (Fsp3) is 0.400. The van der Waals surface area contributed by atoms with Crippen molar-refractivity contribution in [1.29, 1.82) is 0 Å². The number of nitrogens with zero attached hydrogens (tertiary/aromatic N) is 2. The van der Waals surface area contributed by atoms with E-state index in [1.54, 1.807) is 12.4 Å². The molecule has 2 heterocycles. The molecule has 0 aromatic carbocycles. The Hall–Kier alpha value is -1.38. The normalized spacial score (nSPS) is 18.6. The summed E-state index contributed by atoms with van der Waals surface area (Å²) >= 11 is 0. The minimum absolute atomic E-state index is 0.231. The van der Waals surface area contributed by atoms with Crippen molar-refractivity contribution >= 4 is 6.21 Å². The average molecular weight is 176 g/mol. The van der Waals surface area contributed by atoms with Crippen LogP contribution in [0.25, 0.3) is 0 Å². The minimum Gasteiger partial charge on any atom is -0.484 e. The molecular formula is C10H12N2O. The van der Waals surface area contributed by atoms with Gasteiger partial charge in [0.2, 0.25) is 0 Å². The molecule has 0 bridgehead atoms. The molecule has 0 amide bonds. The highest BCUT2D eigenvalue weighted by atomic mass is 16.5. The third kappa shape index (κ3) is 1.69. The van der Waals surface area contributed by atoms with E-state index in [9.17, 15) is 0 Å². The van der Waals surface area contributed by atoms with E-state index in [1.807, 2.05) is 26.0 Å². The number of fused-ring (bicyclic) bond motifs is 1. The molecule has 3 nitrogen and oxygen atoms in total. The van der Waals surface area contributed by atoms with Gasteiger partial charge in [0.15, 0.2) is 0 Å². The quantitative estimate of drug-likeness (QED) is 0.602. The van der Waals surface area contributed by atoms with Crippen molar-refractivity contribution in [3.05, 3.63) is 24.0 Å². The Bertz CT molecular complexity index is 345. The van der Waals surface area contributed by atoms with E-state index in [4.69, 9.17) is 4.74 Å². The molecule has 1 aliphatic heterocycles.